The highest BCUT2D eigenvalue weighted by Gasteiger charge is 2.14. The van der Waals surface area contributed by atoms with Gasteiger partial charge in [0.2, 0.25) is 0 Å². The standard InChI is InChI=1S/C16H13NO2S/c18-14(7-8-15(19)16-6-3-9-20-16)12-10-17-13-5-2-1-4-11(12)13/h1-6,9-10,17H,7-8H2. The second-order valence-electron chi connectivity index (χ2n) is 4.57. The highest BCUT2D eigenvalue weighted by Crippen LogP contribution is 2.20. The Balaban J connectivity index is 1.72. The number of carbonyl (C=O) groups is 2. The molecule has 20 heavy (non-hydrogen) atoms. The first-order valence-corrected chi connectivity index (χ1v) is 7.29. The molecule has 0 unspecified atom stereocenters. The quantitative estimate of drug-likeness (QED) is 0.717. The van der Waals surface area contributed by atoms with Crippen molar-refractivity contribution in [1.29, 1.82) is 0 Å². The predicted octanol–water partition coefficient (Wildman–Crippen LogP) is 4.08. The van der Waals surface area contributed by atoms with Crippen molar-refractivity contribution in [2.24, 2.45) is 0 Å². The lowest BCUT2D eigenvalue weighted by Crippen LogP contribution is -2.03. The fraction of sp³-hybridized carbons (Fsp3) is 0.125. The average molecular weight is 283 g/mol. The number of ketones is 2. The van der Waals surface area contributed by atoms with Gasteiger partial charge in [-0.3, -0.25) is 9.59 Å². The number of hydrogen-bond donors (Lipinski definition) is 1. The van der Waals surface area contributed by atoms with Crippen LogP contribution in [0.25, 0.3) is 10.9 Å². The van der Waals surface area contributed by atoms with Crippen molar-refractivity contribution in [3.05, 3.63) is 58.4 Å². The molecule has 0 bridgehead atoms. The summed E-state index contributed by atoms with van der Waals surface area (Å²) in [5.41, 5.74) is 1.61. The fourth-order valence-corrected chi connectivity index (χ4v) is 2.92. The highest BCUT2D eigenvalue weighted by atomic mass is 32.1. The number of hydrogen-bond acceptors (Lipinski definition) is 3. The van der Waals surface area contributed by atoms with Crippen molar-refractivity contribution >= 4 is 33.8 Å². The third-order valence-electron chi connectivity index (χ3n) is 3.26. The van der Waals surface area contributed by atoms with Crippen molar-refractivity contribution in [3.8, 4) is 0 Å². The summed E-state index contributed by atoms with van der Waals surface area (Å²) in [5.74, 6) is 0.0422. The second kappa shape index (κ2) is 5.43. The summed E-state index contributed by atoms with van der Waals surface area (Å²) in [6.07, 6.45) is 2.24. The number of H-pyrrole nitrogens is 1. The Morgan fingerprint density at radius 2 is 1.80 bits per heavy atom. The molecule has 0 atom stereocenters. The van der Waals surface area contributed by atoms with Crippen LogP contribution in [0.3, 0.4) is 0 Å². The van der Waals surface area contributed by atoms with E-state index < -0.39 is 0 Å². The van der Waals surface area contributed by atoms with Crippen LogP contribution in [0.4, 0.5) is 0 Å². The number of thiophene rings is 1. The Morgan fingerprint density at radius 1 is 1.00 bits per heavy atom. The largest absolute Gasteiger partial charge is 0.360 e. The van der Waals surface area contributed by atoms with Crippen molar-refractivity contribution in [1.82, 2.24) is 4.98 Å². The average Bonchev–Trinajstić information content (AvgIpc) is 3.13. The summed E-state index contributed by atoms with van der Waals surface area (Å²) >= 11 is 1.42. The number of aromatic amines is 1. The molecule has 3 rings (SSSR count). The Morgan fingerprint density at radius 3 is 2.60 bits per heavy atom. The number of carbonyl (C=O) groups excluding carboxylic acids is 2. The number of Topliss-reactive ketones (excluding diaryl/α,β-unsaturated/α-hetero) is 2. The number of fused-ring (bicyclic) bond motifs is 1. The highest BCUT2D eigenvalue weighted by molar-refractivity contribution is 7.12. The summed E-state index contributed by atoms with van der Waals surface area (Å²) in [6.45, 7) is 0. The van der Waals surface area contributed by atoms with E-state index in [-0.39, 0.29) is 24.4 Å². The van der Waals surface area contributed by atoms with Crippen LogP contribution in [0.5, 0.6) is 0 Å². The smallest absolute Gasteiger partial charge is 0.173 e. The van der Waals surface area contributed by atoms with E-state index in [0.29, 0.717) is 5.56 Å². The van der Waals surface area contributed by atoms with Crippen LogP contribution in [0.2, 0.25) is 0 Å². The van der Waals surface area contributed by atoms with E-state index in [4.69, 9.17) is 0 Å². The van der Waals surface area contributed by atoms with Gasteiger partial charge in [-0.2, -0.15) is 0 Å². The molecule has 0 aliphatic heterocycles. The first kappa shape index (κ1) is 12.8. The first-order chi connectivity index (χ1) is 9.75. The summed E-state index contributed by atoms with van der Waals surface area (Å²) in [6, 6.07) is 11.3. The molecular weight excluding hydrogens is 270 g/mol. The van der Waals surface area contributed by atoms with Crippen LogP contribution in [-0.4, -0.2) is 16.6 Å². The van der Waals surface area contributed by atoms with Gasteiger partial charge in [0.25, 0.3) is 0 Å². The maximum Gasteiger partial charge on any atom is 0.173 e. The Hall–Kier alpha value is -2.20. The number of aromatic nitrogens is 1. The molecule has 1 N–H and O–H groups in total. The molecule has 0 saturated carbocycles. The van der Waals surface area contributed by atoms with E-state index in [0.717, 1.165) is 15.8 Å². The van der Waals surface area contributed by atoms with Gasteiger partial charge >= 0.3 is 0 Å². The fourth-order valence-electron chi connectivity index (χ4n) is 2.22. The lowest BCUT2D eigenvalue weighted by atomic mass is 10.0. The van der Waals surface area contributed by atoms with E-state index in [2.05, 4.69) is 4.98 Å². The SMILES string of the molecule is O=C(CCC(=O)c1c[nH]c2ccccc12)c1cccs1. The molecule has 1 aromatic carbocycles. The zero-order chi connectivity index (χ0) is 13.9. The molecule has 0 saturated heterocycles. The molecule has 0 aliphatic rings. The third kappa shape index (κ3) is 2.42. The van der Waals surface area contributed by atoms with Crippen molar-refractivity contribution in [2.75, 3.05) is 0 Å². The van der Waals surface area contributed by atoms with E-state index in [1.807, 2.05) is 35.7 Å². The van der Waals surface area contributed by atoms with Gasteiger partial charge < -0.3 is 4.98 Å². The van der Waals surface area contributed by atoms with Gasteiger partial charge in [-0.05, 0) is 17.5 Å². The predicted molar refractivity (Wildman–Crippen MR) is 80.5 cm³/mol. The van der Waals surface area contributed by atoms with E-state index in [9.17, 15) is 9.59 Å². The molecular formula is C16H13NO2S. The Kier molecular flexibility index (Phi) is 3.48. The molecule has 2 aromatic heterocycles. The maximum atomic E-state index is 12.2. The van der Waals surface area contributed by atoms with Crippen molar-refractivity contribution < 1.29 is 9.59 Å². The first-order valence-electron chi connectivity index (χ1n) is 6.42. The topological polar surface area (TPSA) is 49.9 Å². The maximum absolute atomic E-state index is 12.2. The monoisotopic (exact) mass is 283 g/mol. The molecule has 0 spiro atoms. The second-order valence-corrected chi connectivity index (χ2v) is 5.52. The minimum atomic E-state index is 0.00681. The minimum absolute atomic E-state index is 0.00681. The summed E-state index contributed by atoms with van der Waals surface area (Å²) in [5, 5.41) is 2.79. The van der Waals surface area contributed by atoms with Crippen LogP contribution >= 0.6 is 11.3 Å². The van der Waals surface area contributed by atoms with Crippen LogP contribution in [0.1, 0.15) is 32.9 Å². The third-order valence-corrected chi connectivity index (χ3v) is 4.18. The molecule has 3 aromatic rings. The lowest BCUT2D eigenvalue weighted by molar-refractivity contribution is 0.0920. The van der Waals surface area contributed by atoms with Gasteiger partial charge in [0.05, 0.1) is 4.88 Å². The van der Waals surface area contributed by atoms with Gasteiger partial charge in [0.15, 0.2) is 11.6 Å². The Labute approximate surface area is 120 Å². The normalized spacial score (nSPS) is 10.8. The zero-order valence-corrected chi connectivity index (χ0v) is 11.6. The molecule has 2 heterocycles. The van der Waals surface area contributed by atoms with Crippen molar-refractivity contribution in [2.45, 2.75) is 12.8 Å². The number of para-hydroxylation sites is 1. The molecule has 100 valence electrons. The molecule has 0 aliphatic carbocycles. The molecule has 0 radical (unpaired) electrons. The van der Waals surface area contributed by atoms with Gasteiger partial charge in [-0.15, -0.1) is 11.3 Å². The minimum Gasteiger partial charge on any atom is -0.360 e. The molecule has 3 nitrogen and oxygen atoms in total. The summed E-state index contributed by atoms with van der Waals surface area (Å²) < 4.78 is 0. The molecule has 0 fully saturated rings. The Bertz CT molecular complexity index is 756. The van der Waals surface area contributed by atoms with Crippen LogP contribution in [-0.2, 0) is 0 Å². The molecule has 0 amide bonds. The van der Waals surface area contributed by atoms with Gasteiger partial charge in [0, 0.05) is 35.5 Å². The van der Waals surface area contributed by atoms with Crippen LogP contribution in [0.15, 0.2) is 48.0 Å². The molecule has 4 heteroatoms. The van der Waals surface area contributed by atoms with Crippen LogP contribution in [0, 0.1) is 0 Å². The number of nitrogens with one attached hydrogen (secondary N) is 1. The lowest BCUT2D eigenvalue weighted by Gasteiger charge is -1.99. The zero-order valence-electron chi connectivity index (χ0n) is 10.8. The van der Waals surface area contributed by atoms with Gasteiger partial charge in [0.1, 0.15) is 0 Å². The van der Waals surface area contributed by atoms with Gasteiger partial charge in [-0.25, -0.2) is 0 Å². The number of rotatable bonds is 5. The van der Waals surface area contributed by atoms with E-state index in [1.165, 1.54) is 11.3 Å². The number of benzene rings is 1. The van der Waals surface area contributed by atoms with Gasteiger partial charge in [-0.1, -0.05) is 24.3 Å². The summed E-state index contributed by atoms with van der Waals surface area (Å²) in [7, 11) is 0. The van der Waals surface area contributed by atoms with E-state index >= 15 is 0 Å². The van der Waals surface area contributed by atoms with E-state index in [1.54, 1.807) is 12.3 Å². The van der Waals surface area contributed by atoms with Crippen LogP contribution < -0.4 is 0 Å². The van der Waals surface area contributed by atoms with Crippen molar-refractivity contribution in [3.63, 3.8) is 0 Å². The summed E-state index contributed by atoms with van der Waals surface area (Å²) in [4.78, 5) is 27.9.